The third-order valence-corrected chi connectivity index (χ3v) is 4.67. The van der Waals surface area contributed by atoms with Crippen molar-refractivity contribution in [3.05, 3.63) is 22.4 Å². The lowest BCUT2D eigenvalue weighted by Gasteiger charge is -2.32. The molecule has 0 bridgehead atoms. The van der Waals surface area contributed by atoms with Gasteiger partial charge < -0.3 is 10.4 Å². The van der Waals surface area contributed by atoms with Gasteiger partial charge in [-0.25, -0.2) is 0 Å². The van der Waals surface area contributed by atoms with E-state index < -0.39 is 0 Å². The van der Waals surface area contributed by atoms with Crippen LogP contribution in [0.25, 0.3) is 0 Å². The van der Waals surface area contributed by atoms with E-state index in [-0.39, 0.29) is 12.0 Å². The van der Waals surface area contributed by atoms with Crippen LogP contribution in [0.1, 0.15) is 51.6 Å². The second-order valence-electron chi connectivity index (χ2n) is 4.84. The molecule has 1 aromatic rings. The molecule has 98 valence electrons. The lowest BCUT2D eigenvalue weighted by Crippen LogP contribution is -2.35. The van der Waals surface area contributed by atoms with E-state index in [1.165, 1.54) is 5.56 Å². The van der Waals surface area contributed by atoms with Crippen LogP contribution in [0.4, 0.5) is 0 Å². The molecule has 2 N–H and O–H groups in total. The molecule has 0 aromatic carbocycles. The summed E-state index contributed by atoms with van der Waals surface area (Å²) in [5.74, 6) is 0. The Labute approximate surface area is 109 Å². The summed E-state index contributed by atoms with van der Waals surface area (Å²) in [7, 11) is 0. The van der Waals surface area contributed by atoms with Gasteiger partial charge in [-0.1, -0.05) is 13.8 Å². The van der Waals surface area contributed by atoms with Crippen LogP contribution in [0.3, 0.4) is 0 Å². The van der Waals surface area contributed by atoms with Crippen molar-refractivity contribution < 1.29 is 5.11 Å². The van der Waals surface area contributed by atoms with Gasteiger partial charge >= 0.3 is 0 Å². The van der Waals surface area contributed by atoms with Crippen molar-refractivity contribution in [3.63, 3.8) is 0 Å². The molecule has 0 amide bonds. The highest BCUT2D eigenvalue weighted by atomic mass is 32.1. The van der Waals surface area contributed by atoms with Crippen LogP contribution < -0.4 is 5.32 Å². The third-order valence-electron chi connectivity index (χ3n) is 3.97. The Morgan fingerprint density at radius 2 is 2.12 bits per heavy atom. The molecule has 1 aromatic heterocycles. The zero-order valence-corrected chi connectivity index (χ0v) is 12.0. The van der Waals surface area contributed by atoms with E-state index in [0.717, 1.165) is 25.8 Å². The summed E-state index contributed by atoms with van der Waals surface area (Å²) in [5, 5.41) is 17.1. The Morgan fingerprint density at radius 3 is 2.59 bits per heavy atom. The molecule has 0 fully saturated rings. The van der Waals surface area contributed by atoms with Gasteiger partial charge in [-0.15, -0.1) is 0 Å². The van der Waals surface area contributed by atoms with E-state index in [1.54, 1.807) is 11.3 Å². The Bertz CT molecular complexity index is 293. The number of thiophene rings is 1. The van der Waals surface area contributed by atoms with Crippen molar-refractivity contribution >= 4 is 11.3 Å². The summed E-state index contributed by atoms with van der Waals surface area (Å²) in [6.45, 7) is 7.91. The van der Waals surface area contributed by atoms with Gasteiger partial charge in [-0.05, 0) is 54.0 Å². The summed E-state index contributed by atoms with van der Waals surface area (Å²) in [5.41, 5.74) is 1.61. The molecule has 0 aliphatic rings. The Kier molecular flexibility index (Phi) is 6.17. The number of aliphatic hydroxyl groups excluding tert-OH is 1. The van der Waals surface area contributed by atoms with Gasteiger partial charge in [0.1, 0.15) is 0 Å². The molecule has 0 aliphatic heterocycles. The minimum Gasteiger partial charge on any atom is -0.396 e. The molecular formula is C14H25NOS. The summed E-state index contributed by atoms with van der Waals surface area (Å²) in [6.07, 6.45) is 3.13. The molecule has 0 saturated carbocycles. The third kappa shape index (κ3) is 4.09. The maximum Gasteiger partial charge on any atom is 0.0436 e. The molecule has 17 heavy (non-hydrogen) atoms. The number of rotatable bonds is 8. The van der Waals surface area contributed by atoms with Gasteiger partial charge in [0.05, 0.1) is 0 Å². The summed E-state index contributed by atoms with van der Waals surface area (Å²) >= 11 is 1.74. The van der Waals surface area contributed by atoms with E-state index in [9.17, 15) is 5.11 Å². The van der Waals surface area contributed by atoms with E-state index in [4.69, 9.17) is 0 Å². The first-order valence-electron chi connectivity index (χ1n) is 6.53. The number of aliphatic hydroxyl groups is 1. The van der Waals surface area contributed by atoms with Crippen molar-refractivity contribution in [1.82, 2.24) is 5.32 Å². The van der Waals surface area contributed by atoms with E-state index >= 15 is 0 Å². The highest BCUT2D eigenvalue weighted by molar-refractivity contribution is 7.07. The van der Waals surface area contributed by atoms with Gasteiger partial charge in [0.25, 0.3) is 0 Å². The smallest absolute Gasteiger partial charge is 0.0436 e. The average Bonchev–Trinajstić information content (AvgIpc) is 2.88. The van der Waals surface area contributed by atoms with Crippen LogP contribution in [-0.4, -0.2) is 18.3 Å². The fourth-order valence-corrected chi connectivity index (χ4v) is 2.94. The standard InChI is InChI=1S/C14H25NOS/c1-4-14(5-2,7-8-16)11-15-12(3)13-6-9-17-10-13/h6,9-10,12,15-16H,4-5,7-8,11H2,1-3H3. The molecule has 3 heteroatoms. The molecular weight excluding hydrogens is 230 g/mol. The largest absolute Gasteiger partial charge is 0.396 e. The molecule has 1 heterocycles. The van der Waals surface area contributed by atoms with Gasteiger partial charge in [0, 0.05) is 19.2 Å². The van der Waals surface area contributed by atoms with E-state index in [0.29, 0.717) is 6.04 Å². The molecule has 2 nitrogen and oxygen atoms in total. The zero-order chi connectivity index (χ0) is 12.7. The topological polar surface area (TPSA) is 32.3 Å². The predicted molar refractivity (Wildman–Crippen MR) is 75.5 cm³/mol. The van der Waals surface area contributed by atoms with Crippen LogP contribution in [0.15, 0.2) is 16.8 Å². The highest BCUT2D eigenvalue weighted by Gasteiger charge is 2.25. The second kappa shape index (κ2) is 7.14. The van der Waals surface area contributed by atoms with Gasteiger partial charge in [0.2, 0.25) is 0 Å². The monoisotopic (exact) mass is 255 g/mol. The van der Waals surface area contributed by atoms with Crippen molar-refractivity contribution in [2.24, 2.45) is 5.41 Å². The van der Waals surface area contributed by atoms with Crippen molar-refractivity contribution in [1.29, 1.82) is 0 Å². The lowest BCUT2D eigenvalue weighted by molar-refractivity contribution is 0.160. The minimum atomic E-state index is 0.249. The summed E-state index contributed by atoms with van der Waals surface area (Å²) < 4.78 is 0. The molecule has 1 rings (SSSR count). The Morgan fingerprint density at radius 1 is 1.41 bits per heavy atom. The van der Waals surface area contributed by atoms with Crippen LogP contribution in [0.2, 0.25) is 0 Å². The van der Waals surface area contributed by atoms with Crippen molar-refractivity contribution in [3.8, 4) is 0 Å². The molecule has 0 spiro atoms. The average molecular weight is 255 g/mol. The molecule has 0 radical (unpaired) electrons. The van der Waals surface area contributed by atoms with Gasteiger partial charge in [0.15, 0.2) is 0 Å². The maximum absolute atomic E-state index is 9.19. The highest BCUT2D eigenvalue weighted by Crippen LogP contribution is 2.30. The van der Waals surface area contributed by atoms with Crippen LogP contribution in [0, 0.1) is 5.41 Å². The Hall–Kier alpha value is -0.380. The number of hydrogen-bond donors (Lipinski definition) is 2. The van der Waals surface area contributed by atoms with Crippen LogP contribution in [-0.2, 0) is 0 Å². The quantitative estimate of drug-likeness (QED) is 0.744. The van der Waals surface area contributed by atoms with Gasteiger partial charge in [-0.2, -0.15) is 11.3 Å². The Balaban J connectivity index is 2.51. The molecule has 1 atom stereocenters. The zero-order valence-electron chi connectivity index (χ0n) is 11.2. The van der Waals surface area contributed by atoms with E-state index in [2.05, 4.69) is 42.9 Å². The minimum absolute atomic E-state index is 0.249. The predicted octanol–water partition coefficient (Wildman–Crippen LogP) is 3.59. The summed E-state index contributed by atoms with van der Waals surface area (Å²) in [6, 6.07) is 2.57. The first-order chi connectivity index (χ1) is 8.17. The normalized spacial score (nSPS) is 13.9. The first kappa shape index (κ1) is 14.7. The fourth-order valence-electron chi connectivity index (χ4n) is 2.19. The van der Waals surface area contributed by atoms with Crippen LogP contribution in [0.5, 0.6) is 0 Å². The van der Waals surface area contributed by atoms with Crippen molar-refractivity contribution in [2.45, 2.75) is 46.1 Å². The second-order valence-corrected chi connectivity index (χ2v) is 5.62. The molecule has 1 unspecified atom stereocenters. The molecule has 0 saturated heterocycles. The van der Waals surface area contributed by atoms with Crippen molar-refractivity contribution in [2.75, 3.05) is 13.2 Å². The fraction of sp³-hybridized carbons (Fsp3) is 0.714. The summed E-state index contributed by atoms with van der Waals surface area (Å²) in [4.78, 5) is 0. The number of hydrogen-bond acceptors (Lipinski definition) is 3. The van der Waals surface area contributed by atoms with E-state index in [1.807, 2.05) is 0 Å². The molecule has 0 aliphatic carbocycles. The SMILES string of the molecule is CCC(CC)(CCO)CNC(C)c1ccsc1. The lowest BCUT2D eigenvalue weighted by atomic mass is 9.79. The van der Waals surface area contributed by atoms with Gasteiger partial charge in [-0.3, -0.25) is 0 Å². The maximum atomic E-state index is 9.19. The first-order valence-corrected chi connectivity index (χ1v) is 7.48. The number of nitrogens with one attached hydrogen (secondary N) is 1. The van der Waals surface area contributed by atoms with Crippen LogP contribution >= 0.6 is 11.3 Å².